The van der Waals surface area contributed by atoms with E-state index in [0.29, 0.717) is 0 Å². The molecule has 1 aromatic heterocycles. The fourth-order valence-electron chi connectivity index (χ4n) is 1.52. The predicted octanol–water partition coefficient (Wildman–Crippen LogP) is 4.05. The van der Waals surface area contributed by atoms with Crippen molar-refractivity contribution >= 4 is 23.4 Å². The molecule has 2 nitrogen and oxygen atoms in total. The molecule has 0 aliphatic carbocycles. The van der Waals surface area contributed by atoms with Gasteiger partial charge < -0.3 is 5.73 Å². The molecule has 0 fully saturated rings. The maximum Gasteiger partial charge on any atom is 0.0569 e. The van der Waals surface area contributed by atoms with Gasteiger partial charge in [-0.3, -0.25) is 4.98 Å². The zero-order valence-corrected chi connectivity index (χ0v) is 11.7. The second-order valence-corrected chi connectivity index (χ2v) is 5.54. The van der Waals surface area contributed by atoms with Crippen molar-refractivity contribution in [2.24, 2.45) is 5.73 Å². The van der Waals surface area contributed by atoms with Crippen molar-refractivity contribution in [2.75, 3.05) is 0 Å². The minimum atomic E-state index is -0.0207. The van der Waals surface area contributed by atoms with Crippen molar-refractivity contribution in [3.05, 3.63) is 58.9 Å². The molecule has 0 saturated heterocycles. The van der Waals surface area contributed by atoms with Gasteiger partial charge in [0.15, 0.2) is 0 Å². The van der Waals surface area contributed by atoms with Crippen molar-refractivity contribution in [1.82, 2.24) is 4.98 Å². The number of hydrogen-bond acceptors (Lipinski definition) is 3. The third-order valence-electron chi connectivity index (χ3n) is 2.58. The average molecular weight is 279 g/mol. The van der Waals surface area contributed by atoms with Gasteiger partial charge in [-0.05, 0) is 30.7 Å². The Labute approximate surface area is 117 Å². The Balaban J connectivity index is 2.00. The first kappa shape index (κ1) is 13.4. The number of rotatable bonds is 4. The van der Waals surface area contributed by atoms with Crippen LogP contribution in [-0.4, -0.2) is 4.98 Å². The summed E-state index contributed by atoms with van der Waals surface area (Å²) < 4.78 is 0. The van der Waals surface area contributed by atoms with Gasteiger partial charge in [-0.15, -0.1) is 11.8 Å². The number of aromatic nitrogens is 1. The highest BCUT2D eigenvalue weighted by molar-refractivity contribution is 7.98. The minimum Gasteiger partial charge on any atom is -0.323 e. The number of nitrogens with zero attached hydrogens (tertiary/aromatic N) is 1. The summed E-state index contributed by atoms with van der Waals surface area (Å²) in [6, 6.07) is 11.9. The van der Waals surface area contributed by atoms with Crippen LogP contribution in [0.5, 0.6) is 0 Å². The van der Waals surface area contributed by atoms with Gasteiger partial charge in [0.1, 0.15) is 0 Å². The van der Waals surface area contributed by atoms with Crippen LogP contribution >= 0.6 is 23.4 Å². The van der Waals surface area contributed by atoms with E-state index in [-0.39, 0.29) is 6.04 Å². The lowest BCUT2D eigenvalue weighted by atomic mass is 10.2. The highest BCUT2D eigenvalue weighted by Gasteiger charge is 2.03. The summed E-state index contributed by atoms with van der Waals surface area (Å²) in [6.07, 6.45) is 1.86. The monoisotopic (exact) mass is 278 g/mol. The molecule has 0 unspecified atom stereocenters. The number of halogens is 1. The van der Waals surface area contributed by atoms with E-state index >= 15 is 0 Å². The van der Waals surface area contributed by atoms with E-state index in [1.807, 2.05) is 49.5 Å². The molecule has 0 spiro atoms. The molecule has 0 amide bonds. The molecule has 2 N–H and O–H groups in total. The molecule has 2 aromatic rings. The summed E-state index contributed by atoms with van der Waals surface area (Å²) in [7, 11) is 0. The quantitative estimate of drug-likeness (QED) is 0.858. The van der Waals surface area contributed by atoms with Crippen LogP contribution in [0.2, 0.25) is 5.02 Å². The molecule has 1 atom stereocenters. The average Bonchev–Trinajstić information content (AvgIpc) is 2.38. The number of hydrogen-bond donors (Lipinski definition) is 1. The SMILES string of the molecule is C[C@H](N)c1ccc(SCc2ccccc2Cl)cn1. The highest BCUT2D eigenvalue weighted by Crippen LogP contribution is 2.26. The third-order valence-corrected chi connectivity index (χ3v) is 3.98. The first-order valence-corrected chi connectivity index (χ1v) is 7.11. The Morgan fingerprint density at radius 3 is 2.67 bits per heavy atom. The highest BCUT2D eigenvalue weighted by atomic mass is 35.5. The van der Waals surface area contributed by atoms with Gasteiger partial charge in [0, 0.05) is 27.9 Å². The van der Waals surface area contributed by atoms with E-state index in [0.717, 1.165) is 26.9 Å². The molecule has 4 heteroatoms. The van der Waals surface area contributed by atoms with Crippen LogP contribution in [0.15, 0.2) is 47.5 Å². The van der Waals surface area contributed by atoms with Crippen LogP contribution in [-0.2, 0) is 5.75 Å². The van der Waals surface area contributed by atoms with Crippen molar-refractivity contribution in [3.63, 3.8) is 0 Å². The predicted molar refractivity (Wildman–Crippen MR) is 77.9 cm³/mol. The lowest BCUT2D eigenvalue weighted by molar-refractivity contribution is 0.777. The molecule has 0 saturated carbocycles. The van der Waals surface area contributed by atoms with E-state index in [1.165, 1.54) is 0 Å². The van der Waals surface area contributed by atoms with Gasteiger partial charge in [0.25, 0.3) is 0 Å². The molecule has 0 aliphatic rings. The maximum atomic E-state index is 6.11. The number of pyridine rings is 1. The Kier molecular flexibility index (Phi) is 4.64. The summed E-state index contributed by atoms with van der Waals surface area (Å²) >= 11 is 7.83. The number of thioether (sulfide) groups is 1. The smallest absolute Gasteiger partial charge is 0.0569 e. The second kappa shape index (κ2) is 6.23. The minimum absolute atomic E-state index is 0.0207. The van der Waals surface area contributed by atoms with Gasteiger partial charge in [-0.1, -0.05) is 29.8 Å². The number of nitrogens with two attached hydrogens (primary N) is 1. The first-order valence-electron chi connectivity index (χ1n) is 5.74. The van der Waals surface area contributed by atoms with Crippen molar-refractivity contribution in [3.8, 4) is 0 Å². The van der Waals surface area contributed by atoms with Crippen LogP contribution < -0.4 is 5.73 Å². The van der Waals surface area contributed by atoms with Gasteiger partial charge in [-0.25, -0.2) is 0 Å². The largest absolute Gasteiger partial charge is 0.323 e. The molecule has 1 heterocycles. The molecule has 2 rings (SSSR count). The van der Waals surface area contributed by atoms with E-state index in [9.17, 15) is 0 Å². The molecular formula is C14H15ClN2S. The van der Waals surface area contributed by atoms with Crippen molar-refractivity contribution < 1.29 is 0 Å². The first-order chi connectivity index (χ1) is 8.66. The van der Waals surface area contributed by atoms with E-state index < -0.39 is 0 Å². The van der Waals surface area contributed by atoms with Crippen LogP contribution in [0.1, 0.15) is 24.2 Å². The lowest BCUT2D eigenvalue weighted by Crippen LogP contribution is -2.06. The molecular weight excluding hydrogens is 264 g/mol. The van der Waals surface area contributed by atoms with Gasteiger partial charge in [-0.2, -0.15) is 0 Å². The van der Waals surface area contributed by atoms with Gasteiger partial charge in [0.2, 0.25) is 0 Å². The summed E-state index contributed by atoms with van der Waals surface area (Å²) in [5.41, 5.74) is 7.82. The van der Waals surface area contributed by atoms with E-state index in [1.54, 1.807) is 11.8 Å². The zero-order valence-electron chi connectivity index (χ0n) is 10.1. The van der Waals surface area contributed by atoms with Crippen LogP contribution in [0.25, 0.3) is 0 Å². The Morgan fingerprint density at radius 2 is 2.06 bits per heavy atom. The summed E-state index contributed by atoms with van der Waals surface area (Å²) in [5, 5.41) is 0.810. The number of benzene rings is 1. The summed E-state index contributed by atoms with van der Waals surface area (Å²) in [4.78, 5) is 5.46. The zero-order chi connectivity index (χ0) is 13.0. The Hall–Kier alpha value is -1.03. The lowest BCUT2D eigenvalue weighted by Gasteiger charge is -2.06. The molecule has 1 aromatic carbocycles. The van der Waals surface area contributed by atoms with Crippen molar-refractivity contribution in [2.45, 2.75) is 23.6 Å². The topological polar surface area (TPSA) is 38.9 Å². The van der Waals surface area contributed by atoms with Crippen LogP contribution in [0, 0.1) is 0 Å². The maximum absolute atomic E-state index is 6.11. The molecule has 18 heavy (non-hydrogen) atoms. The molecule has 94 valence electrons. The molecule has 0 bridgehead atoms. The Morgan fingerprint density at radius 1 is 1.28 bits per heavy atom. The summed E-state index contributed by atoms with van der Waals surface area (Å²) in [6.45, 7) is 1.93. The van der Waals surface area contributed by atoms with E-state index in [4.69, 9.17) is 17.3 Å². The fraction of sp³-hybridized carbons (Fsp3) is 0.214. The van der Waals surface area contributed by atoms with E-state index in [2.05, 4.69) is 4.98 Å². The van der Waals surface area contributed by atoms with Crippen LogP contribution in [0.4, 0.5) is 0 Å². The second-order valence-electron chi connectivity index (χ2n) is 4.09. The van der Waals surface area contributed by atoms with Crippen molar-refractivity contribution in [1.29, 1.82) is 0 Å². The van der Waals surface area contributed by atoms with Gasteiger partial charge in [0.05, 0.1) is 5.69 Å². The third kappa shape index (κ3) is 3.48. The van der Waals surface area contributed by atoms with Crippen LogP contribution in [0.3, 0.4) is 0 Å². The molecule has 0 radical (unpaired) electrons. The summed E-state index contributed by atoms with van der Waals surface area (Å²) in [5.74, 6) is 0.846. The Bertz CT molecular complexity index is 511. The fourth-order valence-corrected chi connectivity index (χ4v) is 2.67. The normalized spacial score (nSPS) is 12.4. The van der Waals surface area contributed by atoms with Gasteiger partial charge >= 0.3 is 0 Å². The molecule has 0 aliphatic heterocycles. The standard InChI is InChI=1S/C14H15ClN2S/c1-10(16)14-7-6-12(8-17-14)18-9-11-4-2-3-5-13(11)15/h2-8,10H,9,16H2,1H3/t10-/m0/s1.